The SMILES string of the molecule is C1CC(NCC2CNCC23CC3)C1. The summed E-state index contributed by atoms with van der Waals surface area (Å²) in [6, 6.07) is 0.872. The smallest absolute Gasteiger partial charge is 0.00672 e. The van der Waals surface area contributed by atoms with Crippen LogP contribution < -0.4 is 10.6 Å². The Bertz CT molecular complexity index is 194. The van der Waals surface area contributed by atoms with E-state index in [-0.39, 0.29) is 0 Å². The average molecular weight is 180 g/mol. The van der Waals surface area contributed by atoms with Crippen molar-refractivity contribution < 1.29 is 0 Å². The monoisotopic (exact) mass is 180 g/mol. The van der Waals surface area contributed by atoms with Crippen LogP contribution in [0.3, 0.4) is 0 Å². The maximum atomic E-state index is 3.72. The van der Waals surface area contributed by atoms with Crippen LogP contribution in [0.15, 0.2) is 0 Å². The van der Waals surface area contributed by atoms with Crippen LogP contribution in [0.2, 0.25) is 0 Å². The first-order valence-electron chi connectivity index (χ1n) is 5.83. The third kappa shape index (κ3) is 1.40. The molecule has 0 bridgehead atoms. The lowest BCUT2D eigenvalue weighted by Gasteiger charge is -2.29. The zero-order chi connectivity index (χ0) is 8.73. The molecule has 74 valence electrons. The fourth-order valence-electron chi connectivity index (χ4n) is 2.81. The van der Waals surface area contributed by atoms with Gasteiger partial charge in [0.2, 0.25) is 0 Å². The van der Waals surface area contributed by atoms with Gasteiger partial charge < -0.3 is 10.6 Å². The van der Waals surface area contributed by atoms with Crippen molar-refractivity contribution in [2.45, 2.75) is 38.1 Å². The summed E-state index contributed by atoms with van der Waals surface area (Å²) in [6.07, 6.45) is 7.26. The lowest BCUT2D eigenvalue weighted by atomic mass is 9.89. The van der Waals surface area contributed by atoms with E-state index >= 15 is 0 Å². The normalized spacial score (nSPS) is 36.5. The lowest BCUT2D eigenvalue weighted by molar-refractivity contribution is 0.291. The summed E-state index contributed by atoms with van der Waals surface area (Å²) in [5.41, 5.74) is 0.747. The van der Waals surface area contributed by atoms with Gasteiger partial charge in [0.05, 0.1) is 0 Å². The minimum atomic E-state index is 0.747. The van der Waals surface area contributed by atoms with E-state index in [1.807, 2.05) is 0 Å². The van der Waals surface area contributed by atoms with E-state index in [4.69, 9.17) is 0 Å². The highest BCUT2D eigenvalue weighted by Gasteiger charge is 2.51. The second-order valence-corrected chi connectivity index (χ2v) is 5.23. The Morgan fingerprint density at radius 2 is 2.15 bits per heavy atom. The van der Waals surface area contributed by atoms with E-state index in [0.717, 1.165) is 17.4 Å². The van der Waals surface area contributed by atoms with Crippen LogP contribution in [-0.4, -0.2) is 25.7 Å². The average Bonchev–Trinajstić information content (AvgIpc) is 2.68. The molecule has 1 unspecified atom stereocenters. The Labute approximate surface area is 80.5 Å². The van der Waals surface area contributed by atoms with Gasteiger partial charge >= 0.3 is 0 Å². The standard InChI is InChI=1S/C11H20N2/c1-2-10(3-1)13-7-9-6-12-8-11(9)4-5-11/h9-10,12-13H,1-8H2. The molecule has 1 atom stereocenters. The Morgan fingerprint density at radius 1 is 1.31 bits per heavy atom. The lowest BCUT2D eigenvalue weighted by Crippen LogP contribution is -2.40. The van der Waals surface area contributed by atoms with Gasteiger partial charge in [-0.2, -0.15) is 0 Å². The molecule has 3 aliphatic rings. The van der Waals surface area contributed by atoms with E-state index in [1.165, 1.54) is 51.7 Å². The fourth-order valence-corrected chi connectivity index (χ4v) is 2.81. The molecule has 0 aromatic heterocycles. The number of hydrogen-bond donors (Lipinski definition) is 2. The fraction of sp³-hybridized carbons (Fsp3) is 1.00. The van der Waals surface area contributed by atoms with Crippen molar-refractivity contribution >= 4 is 0 Å². The Morgan fingerprint density at radius 3 is 2.77 bits per heavy atom. The predicted octanol–water partition coefficient (Wildman–Crippen LogP) is 1.13. The molecular formula is C11H20N2. The van der Waals surface area contributed by atoms with Gasteiger partial charge in [-0.05, 0) is 43.6 Å². The molecule has 1 heterocycles. The zero-order valence-electron chi connectivity index (χ0n) is 8.31. The largest absolute Gasteiger partial charge is 0.316 e. The maximum Gasteiger partial charge on any atom is 0.00672 e. The van der Waals surface area contributed by atoms with Gasteiger partial charge in [-0.15, -0.1) is 0 Å². The highest BCUT2D eigenvalue weighted by Crippen LogP contribution is 2.53. The van der Waals surface area contributed by atoms with Crippen LogP contribution in [0, 0.1) is 11.3 Å². The van der Waals surface area contributed by atoms with Gasteiger partial charge in [-0.1, -0.05) is 6.42 Å². The maximum absolute atomic E-state index is 3.72. The zero-order valence-corrected chi connectivity index (χ0v) is 8.31. The topological polar surface area (TPSA) is 24.1 Å². The number of hydrogen-bond acceptors (Lipinski definition) is 2. The minimum absolute atomic E-state index is 0.747. The number of rotatable bonds is 3. The van der Waals surface area contributed by atoms with Crippen LogP contribution in [0.25, 0.3) is 0 Å². The molecule has 2 N–H and O–H groups in total. The quantitative estimate of drug-likeness (QED) is 0.680. The van der Waals surface area contributed by atoms with Crippen LogP contribution in [0.5, 0.6) is 0 Å². The van der Waals surface area contributed by atoms with Crippen molar-refractivity contribution in [1.29, 1.82) is 0 Å². The molecule has 0 radical (unpaired) electrons. The van der Waals surface area contributed by atoms with Crippen LogP contribution in [-0.2, 0) is 0 Å². The van der Waals surface area contributed by atoms with E-state index in [0.29, 0.717) is 0 Å². The van der Waals surface area contributed by atoms with Crippen molar-refractivity contribution in [3.63, 3.8) is 0 Å². The summed E-state index contributed by atoms with van der Waals surface area (Å²) < 4.78 is 0. The molecule has 2 aliphatic carbocycles. The molecule has 1 aliphatic heterocycles. The van der Waals surface area contributed by atoms with Gasteiger partial charge in [0.25, 0.3) is 0 Å². The predicted molar refractivity (Wildman–Crippen MR) is 53.7 cm³/mol. The van der Waals surface area contributed by atoms with E-state index < -0.39 is 0 Å². The third-order valence-electron chi connectivity index (χ3n) is 4.38. The Kier molecular flexibility index (Phi) is 1.88. The van der Waals surface area contributed by atoms with Crippen LogP contribution >= 0.6 is 0 Å². The van der Waals surface area contributed by atoms with Crippen molar-refractivity contribution in [3.8, 4) is 0 Å². The minimum Gasteiger partial charge on any atom is -0.316 e. The second-order valence-electron chi connectivity index (χ2n) is 5.23. The van der Waals surface area contributed by atoms with Gasteiger partial charge in [-0.25, -0.2) is 0 Å². The highest BCUT2D eigenvalue weighted by molar-refractivity contribution is 5.05. The molecule has 3 fully saturated rings. The van der Waals surface area contributed by atoms with E-state index in [9.17, 15) is 0 Å². The molecule has 0 aromatic rings. The summed E-state index contributed by atoms with van der Waals surface area (Å²) >= 11 is 0. The summed E-state index contributed by atoms with van der Waals surface area (Å²) in [6.45, 7) is 3.83. The van der Waals surface area contributed by atoms with E-state index in [1.54, 1.807) is 0 Å². The molecule has 3 rings (SSSR count). The molecule has 2 heteroatoms. The van der Waals surface area contributed by atoms with Gasteiger partial charge in [0.15, 0.2) is 0 Å². The molecule has 2 nitrogen and oxygen atoms in total. The van der Waals surface area contributed by atoms with Crippen molar-refractivity contribution in [2.75, 3.05) is 19.6 Å². The summed E-state index contributed by atoms with van der Waals surface area (Å²) in [5.74, 6) is 0.938. The molecule has 1 saturated heterocycles. The van der Waals surface area contributed by atoms with Crippen LogP contribution in [0.1, 0.15) is 32.1 Å². The molecular weight excluding hydrogens is 160 g/mol. The first kappa shape index (κ1) is 8.25. The van der Waals surface area contributed by atoms with Crippen molar-refractivity contribution in [3.05, 3.63) is 0 Å². The summed E-state index contributed by atoms with van der Waals surface area (Å²) in [4.78, 5) is 0. The Balaban J connectivity index is 1.48. The summed E-state index contributed by atoms with van der Waals surface area (Å²) in [7, 11) is 0. The molecule has 13 heavy (non-hydrogen) atoms. The molecule has 0 aromatic carbocycles. The first-order chi connectivity index (χ1) is 6.39. The van der Waals surface area contributed by atoms with E-state index in [2.05, 4.69) is 10.6 Å². The first-order valence-corrected chi connectivity index (χ1v) is 5.83. The van der Waals surface area contributed by atoms with Gasteiger partial charge in [0, 0.05) is 19.1 Å². The molecule has 0 amide bonds. The third-order valence-corrected chi connectivity index (χ3v) is 4.38. The van der Waals surface area contributed by atoms with Crippen LogP contribution in [0.4, 0.5) is 0 Å². The van der Waals surface area contributed by atoms with Gasteiger partial charge in [0.1, 0.15) is 0 Å². The second kappa shape index (κ2) is 2.96. The Hall–Kier alpha value is -0.0800. The molecule has 1 spiro atoms. The highest BCUT2D eigenvalue weighted by atomic mass is 15.0. The molecule has 2 saturated carbocycles. The van der Waals surface area contributed by atoms with Gasteiger partial charge in [-0.3, -0.25) is 0 Å². The van der Waals surface area contributed by atoms with Crippen molar-refractivity contribution in [2.24, 2.45) is 11.3 Å². The summed E-state index contributed by atoms with van der Waals surface area (Å²) in [5, 5.41) is 7.26. The van der Waals surface area contributed by atoms with Crippen molar-refractivity contribution in [1.82, 2.24) is 10.6 Å². The number of nitrogens with one attached hydrogen (secondary N) is 2.